The van der Waals surface area contributed by atoms with Crippen molar-refractivity contribution in [2.24, 2.45) is 0 Å². The van der Waals surface area contributed by atoms with Crippen LogP contribution in [0.2, 0.25) is 0 Å². The third kappa shape index (κ3) is 4.12. The van der Waals surface area contributed by atoms with Crippen molar-refractivity contribution in [3.63, 3.8) is 0 Å². The predicted molar refractivity (Wildman–Crippen MR) is 86.8 cm³/mol. The molecule has 0 fully saturated rings. The Kier molecular flexibility index (Phi) is 5.47. The molecule has 5 heteroatoms. The molecule has 4 nitrogen and oxygen atoms in total. The van der Waals surface area contributed by atoms with Crippen LogP contribution < -0.4 is 10.6 Å². The molecule has 2 N–H and O–H groups in total. The van der Waals surface area contributed by atoms with Gasteiger partial charge >= 0.3 is 0 Å². The van der Waals surface area contributed by atoms with Gasteiger partial charge in [0.2, 0.25) is 0 Å². The normalized spacial score (nSPS) is 12.1. The zero-order valence-electron chi connectivity index (χ0n) is 12.6. The third-order valence-electron chi connectivity index (χ3n) is 3.26. The van der Waals surface area contributed by atoms with Gasteiger partial charge in [-0.15, -0.1) is 11.3 Å². The number of benzene rings is 1. The lowest BCUT2D eigenvalue weighted by Crippen LogP contribution is -2.28. The minimum atomic E-state index is -0.0754. The van der Waals surface area contributed by atoms with Crippen molar-refractivity contribution in [3.05, 3.63) is 51.5 Å². The van der Waals surface area contributed by atoms with Crippen LogP contribution in [0.25, 0.3) is 0 Å². The number of likely N-dealkylation sites (N-methyl/N-ethyl adjacent to an activating group) is 1. The second-order valence-corrected chi connectivity index (χ2v) is 5.92. The molecule has 2 rings (SSSR count). The molecule has 0 spiro atoms. The molecule has 0 saturated carbocycles. The molecule has 0 aliphatic carbocycles. The first-order chi connectivity index (χ1) is 10.1. The van der Waals surface area contributed by atoms with Crippen LogP contribution >= 0.6 is 11.3 Å². The first-order valence-corrected chi connectivity index (χ1v) is 7.95. The molecule has 1 aromatic heterocycles. The number of carbonyl (C=O) groups is 1. The maximum Gasteiger partial charge on any atom is 0.252 e. The fourth-order valence-electron chi connectivity index (χ4n) is 2.13. The molecular weight excluding hydrogens is 282 g/mol. The molecule has 0 saturated heterocycles. The van der Waals surface area contributed by atoms with Crippen LogP contribution in [-0.2, 0) is 6.42 Å². The van der Waals surface area contributed by atoms with Gasteiger partial charge in [-0.05, 0) is 45.5 Å². The summed E-state index contributed by atoms with van der Waals surface area (Å²) in [7, 11) is 1.91. The molecule has 0 radical (unpaired) electrons. The van der Waals surface area contributed by atoms with Gasteiger partial charge in [0, 0.05) is 16.6 Å². The average Bonchev–Trinajstić information content (AvgIpc) is 2.92. The van der Waals surface area contributed by atoms with E-state index in [2.05, 4.69) is 15.6 Å². The van der Waals surface area contributed by atoms with E-state index < -0.39 is 0 Å². The first kappa shape index (κ1) is 15.7. The highest BCUT2D eigenvalue weighted by atomic mass is 32.1. The number of nitrogens with one attached hydrogen (secondary N) is 2. The number of aryl methyl sites for hydroxylation is 1. The Morgan fingerprint density at radius 1 is 1.38 bits per heavy atom. The maximum absolute atomic E-state index is 12.5. The number of rotatable bonds is 6. The molecule has 21 heavy (non-hydrogen) atoms. The Morgan fingerprint density at radius 3 is 2.81 bits per heavy atom. The van der Waals surface area contributed by atoms with E-state index in [-0.39, 0.29) is 11.9 Å². The summed E-state index contributed by atoms with van der Waals surface area (Å²) in [4.78, 5) is 16.9. The van der Waals surface area contributed by atoms with Crippen LogP contribution in [0.1, 0.15) is 39.6 Å². The molecule has 1 atom stereocenters. The Balaban J connectivity index is 2.09. The van der Waals surface area contributed by atoms with Gasteiger partial charge in [-0.2, -0.15) is 0 Å². The van der Waals surface area contributed by atoms with Crippen LogP contribution in [-0.4, -0.2) is 24.5 Å². The summed E-state index contributed by atoms with van der Waals surface area (Å²) in [5.41, 5.74) is 2.80. The Hall–Kier alpha value is -1.72. The molecular formula is C16H21N3OS. The van der Waals surface area contributed by atoms with E-state index >= 15 is 0 Å². The van der Waals surface area contributed by atoms with Crippen LogP contribution in [0.3, 0.4) is 0 Å². The minimum absolute atomic E-state index is 0.0398. The van der Waals surface area contributed by atoms with Crippen molar-refractivity contribution in [3.8, 4) is 0 Å². The molecule has 0 bridgehead atoms. The highest BCUT2D eigenvalue weighted by molar-refractivity contribution is 7.09. The highest BCUT2D eigenvalue weighted by Crippen LogP contribution is 2.18. The molecule has 0 aliphatic heterocycles. The first-order valence-electron chi connectivity index (χ1n) is 7.07. The van der Waals surface area contributed by atoms with E-state index in [9.17, 15) is 4.79 Å². The smallest absolute Gasteiger partial charge is 0.252 e. The Morgan fingerprint density at radius 2 is 2.14 bits per heavy atom. The number of carbonyl (C=O) groups excluding carboxylic acids is 1. The minimum Gasteiger partial charge on any atom is -0.343 e. The van der Waals surface area contributed by atoms with Gasteiger partial charge in [0.1, 0.15) is 5.01 Å². The molecule has 112 valence electrons. The van der Waals surface area contributed by atoms with Crippen molar-refractivity contribution >= 4 is 17.2 Å². The second-order valence-electron chi connectivity index (χ2n) is 5.03. The Labute approximate surface area is 129 Å². The van der Waals surface area contributed by atoms with Crippen LogP contribution in [0.15, 0.2) is 29.6 Å². The molecule has 0 aliphatic rings. The molecule has 1 unspecified atom stereocenters. The van der Waals surface area contributed by atoms with E-state index in [0.29, 0.717) is 0 Å². The largest absolute Gasteiger partial charge is 0.343 e. The second kappa shape index (κ2) is 7.33. The van der Waals surface area contributed by atoms with E-state index in [1.54, 1.807) is 11.3 Å². The van der Waals surface area contributed by atoms with Crippen LogP contribution in [0, 0.1) is 6.92 Å². The molecule has 1 aromatic carbocycles. The average molecular weight is 303 g/mol. The van der Waals surface area contributed by atoms with Gasteiger partial charge in [0.15, 0.2) is 0 Å². The molecule has 1 heterocycles. The maximum atomic E-state index is 12.5. The van der Waals surface area contributed by atoms with E-state index in [0.717, 1.165) is 34.8 Å². The molecule has 2 aromatic rings. The van der Waals surface area contributed by atoms with Crippen molar-refractivity contribution in [2.45, 2.75) is 26.3 Å². The van der Waals surface area contributed by atoms with Crippen molar-refractivity contribution in [1.82, 2.24) is 15.6 Å². The fourth-order valence-corrected chi connectivity index (χ4v) is 2.93. The standard InChI is InChI=1S/C16H21N3OS/c1-11-10-21-16(18-11)12(2)19-15(20)14-7-5-4-6-13(14)8-9-17-3/h4-7,10,12,17H,8-9H2,1-3H3,(H,19,20). The predicted octanol–water partition coefficient (Wildman–Crippen LogP) is 2.70. The van der Waals surface area contributed by atoms with Gasteiger partial charge in [-0.3, -0.25) is 4.79 Å². The summed E-state index contributed by atoms with van der Waals surface area (Å²) in [6.07, 6.45) is 0.838. The summed E-state index contributed by atoms with van der Waals surface area (Å²) in [5.74, 6) is -0.0398. The van der Waals surface area contributed by atoms with Gasteiger partial charge < -0.3 is 10.6 Å². The number of thiazole rings is 1. The van der Waals surface area contributed by atoms with Gasteiger partial charge in [0.25, 0.3) is 5.91 Å². The van der Waals surface area contributed by atoms with Crippen molar-refractivity contribution in [2.75, 3.05) is 13.6 Å². The topological polar surface area (TPSA) is 54.0 Å². The van der Waals surface area contributed by atoms with E-state index in [1.807, 2.05) is 50.5 Å². The lowest BCUT2D eigenvalue weighted by molar-refractivity contribution is 0.0939. The lowest BCUT2D eigenvalue weighted by Gasteiger charge is -2.14. The van der Waals surface area contributed by atoms with Gasteiger partial charge in [0.05, 0.1) is 6.04 Å². The number of nitrogens with zero attached hydrogens (tertiary/aromatic N) is 1. The monoisotopic (exact) mass is 303 g/mol. The summed E-state index contributed by atoms with van der Waals surface area (Å²) in [6.45, 7) is 4.78. The Bertz CT molecular complexity index is 609. The lowest BCUT2D eigenvalue weighted by atomic mass is 10.0. The van der Waals surface area contributed by atoms with E-state index in [1.165, 1.54) is 0 Å². The zero-order valence-corrected chi connectivity index (χ0v) is 13.5. The van der Waals surface area contributed by atoms with Crippen molar-refractivity contribution < 1.29 is 4.79 Å². The summed E-state index contributed by atoms with van der Waals surface area (Å²) >= 11 is 1.58. The highest BCUT2D eigenvalue weighted by Gasteiger charge is 2.16. The number of amides is 1. The fraction of sp³-hybridized carbons (Fsp3) is 0.375. The van der Waals surface area contributed by atoms with Crippen molar-refractivity contribution in [1.29, 1.82) is 0 Å². The summed E-state index contributed by atoms with van der Waals surface area (Å²) in [6, 6.07) is 7.67. The third-order valence-corrected chi connectivity index (χ3v) is 4.41. The SMILES string of the molecule is CNCCc1ccccc1C(=O)NC(C)c1nc(C)cs1. The number of hydrogen-bond donors (Lipinski definition) is 2. The number of aromatic nitrogens is 1. The summed E-state index contributed by atoms with van der Waals surface area (Å²) in [5, 5.41) is 9.08. The van der Waals surface area contributed by atoms with Crippen LogP contribution in [0.4, 0.5) is 0 Å². The quantitative estimate of drug-likeness (QED) is 0.862. The van der Waals surface area contributed by atoms with E-state index in [4.69, 9.17) is 0 Å². The summed E-state index contributed by atoms with van der Waals surface area (Å²) < 4.78 is 0. The van der Waals surface area contributed by atoms with Crippen LogP contribution in [0.5, 0.6) is 0 Å². The van der Waals surface area contributed by atoms with Gasteiger partial charge in [-0.1, -0.05) is 18.2 Å². The molecule has 1 amide bonds. The zero-order chi connectivity index (χ0) is 15.2. The van der Waals surface area contributed by atoms with Gasteiger partial charge in [-0.25, -0.2) is 4.98 Å². The number of hydrogen-bond acceptors (Lipinski definition) is 4.